The Balaban J connectivity index is 2.40. The summed E-state index contributed by atoms with van der Waals surface area (Å²) in [4.78, 5) is 10.9. The van der Waals surface area contributed by atoms with Crippen molar-refractivity contribution in [1.82, 2.24) is 20.2 Å². The average molecular weight is 266 g/mol. The van der Waals surface area contributed by atoms with Gasteiger partial charge in [-0.3, -0.25) is 4.79 Å². The molecule has 0 aliphatic heterocycles. The number of tetrazole rings is 1. The van der Waals surface area contributed by atoms with Crippen molar-refractivity contribution in [3.63, 3.8) is 0 Å². The Kier molecular flexibility index (Phi) is 3.57. The van der Waals surface area contributed by atoms with E-state index in [1.807, 2.05) is 6.07 Å². The monoisotopic (exact) mass is 265 g/mol. The van der Waals surface area contributed by atoms with Crippen molar-refractivity contribution >= 4 is 17.5 Å². The van der Waals surface area contributed by atoms with Gasteiger partial charge in [-0.15, -0.1) is 5.10 Å². The molecular formula is C11H12ClN5O. The Morgan fingerprint density at radius 3 is 2.89 bits per heavy atom. The molecule has 0 aliphatic carbocycles. The normalized spacial score (nSPS) is 10.6. The molecule has 0 radical (unpaired) electrons. The molecular weight excluding hydrogens is 254 g/mol. The number of nitrogens with zero attached hydrogens (tertiary/aromatic N) is 4. The highest BCUT2D eigenvalue weighted by Crippen LogP contribution is 2.21. The number of halogens is 1. The van der Waals surface area contributed by atoms with Crippen molar-refractivity contribution in [2.24, 2.45) is 5.73 Å². The van der Waals surface area contributed by atoms with Crippen LogP contribution < -0.4 is 5.73 Å². The van der Waals surface area contributed by atoms with Crippen molar-refractivity contribution in [2.75, 3.05) is 0 Å². The zero-order valence-corrected chi connectivity index (χ0v) is 10.6. The van der Waals surface area contributed by atoms with Crippen LogP contribution in [0.1, 0.15) is 17.8 Å². The smallest absolute Gasteiger partial charge is 0.217 e. The molecule has 0 fully saturated rings. The van der Waals surface area contributed by atoms with E-state index in [2.05, 4.69) is 15.5 Å². The van der Waals surface area contributed by atoms with Crippen LogP contribution in [0.25, 0.3) is 5.69 Å². The van der Waals surface area contributed by atoms with Crippen LogP contribution in [0, 0.1) is 6.92 Å². The fourth-order valence-electron chi connectivity index (χ4n) is 1.67. The molecule has 1 amide bonds. The molecule has 0 saturated carbocycles. The third kappa shape index (κ3) is 2.65. The maximum absolute atomic E-state index is 10.9. The number of hydrogen-bond donors (Lipinski definition) is 1. The molecule has 0 saturated heterocycles. The summed E-state index contributed by atoms with van der Waals surface area (Å²) in [5.41, 5.74) is 6.85. The van der Waals surface area contributed by atoms with Gasteiger partial charge < -0.3 is 5.73 Å². The molecule has 18 heavy (non-hydrogen) atoms. The van der Waals surface area contributed by atoms with Crippen LogP contribution in [0.3, 0.4) is 0 Å². The van der Waals surface area contributed by atoms with E-state index in [1.54, 1.807) is 23.7 Å². The average Bonchev–Trinajstić information content (AvgIpc) is 2.73. The molecule has 1 heterocycles. The third-order valence-electron chi connectivity index (χ3n) is 2.54. The minimum absolute atomic E-state index is 0.258. The highest BCUT2D eigenvalue weighted by molar-refractivity contribution is 6.30. The summed E-state index contributed by atoms with van der Waals surface area (Å²) < 4.78 is 1.60. The molecule has 2 aromatic rings. The van der Waals surface area contributed by atoms with Gasteiger partial charge in [0.1, 0.15) is 0 Å². The SMILES string of the molecule is Cc1nnnn1-c1ccc(Cl)cc1CCC(N)=O. The van der Waals surface area contributed by atoms with Crippen LogP contribution in [0.5, 0.6) is 0 Å². The van der Waals surface area contributed by atoms with Gasteiger partial charge >= 0.3 is 0 Å². The van der Waals surface area contributed by atoms with Gasteiger partial charge in [0.15, 0.2) is 5.82 Å². The summed E-state index contributed by atoms with van der Waals surface area (Å²) >= 11 is 5.96. The fourth-order valence-corrected chi connectivity index (χ4v) is 1.87. The van der Waals surface area contributed by atoms with E-state index in [1.165, 1.54) is 0 Å². The van der Waals surface area contributed by atoms with Crippen LogP contribution >= 0.6 is 11.6 Å². The highest BCUT2D eigenvalue weighted by atomic mass is 35.5. The van der Waals surface area contributed by atoms with Crippen LogP contribution in [0.4, 0.5) is 0 Å². The number of nitrogens with two attached hydrogens (primary N) is 1. The van der Waals surface area contributed by atoms with E-state index in [9.17, 15) is 4.79 Å². The lowest BCUT2D eigenvalue weighted by molar-refractivity contribution is -0.117. The predicted molar refractivity (Wildman–Crippen MR) is 66.4 cm³/mol. The summed E-state index contributed by atoms with van der Waals surface area (Å²) in [6, 6.07) is 5.37. The van der Waals surface area contributed by atoms with E-state index in [-0.39, 0.29) is 12.3 Å². The lowest BCUT2D eigenvalue weighted by Gasteiger charge is -2.09. The van der Waals surface area contributed by atoms with Crippen molar-refractivity contribution in [1.29, 1.82) is 0 Å². The van der Waals surface area contributed by atoms with Crippen LogP contribution in [-0.4, -0.2) is 26.1 Å². The molecule has 1 aromatic heterocycles. The minimum atomic E-state index is -0.352. The Morgan fingerprint density at radius 2 is 2.28 bits per heavy atom. The summed E-state index contributed by atoms with van der Waals surface area (Å²) in [6.07, 6.45) is 0.763. The van der Waals surface area contributed by atoms with Crippen LogP contribution in [0.2, 0.25) is 5.02 Å². The number of primary amides is 1. The van der Waals surface area contributed by atoms with E-state index in [4.69, 9.17) is 17.3 Å². The Labute approximate surface area is 109 Å². The molecule has 2 N–H and O–H groups in total. The van der Waals surface area contributed by atoms with Crippen LogP contribution in [0.15, 0.2) is 18.2 Å². The summed E-state index contributed by atoms with van der Waals surface area (Å²) in [5.74, 6) is 0.312. The van der Waals surface area contributed by atoms with Gasteiger partial charge in [-0.2, -0.15) is 4.68 Å². The van der Waals surface area contributed by atoms with E-state index in [0.717, 1.165) is 11.3 Å². The number of benzene rings is 1. The van der Waals surface area contributed by atoms with Crippen molar-refractivity contribution < 1.29 is 4.79 Å². The first kappa shape index (κ1) is 12.5. The summed E-state index contributed by atoms with van der Waals surface area (Å²) in [5, 5.41) is 11.9. The molecule has 0 atom stereocenters. The molecule has 6 nitrogen and oxygen atoms in total. The first-order valence-electron chi connectivity index (χ1n) is 5.40. The fraction of sp³-hybridized carbons (Fsp3) is 0.273. The van der Waals surface area contributed by atoms with E-state index in [0.29, 0.717) is 17.3 Å². The van der Waals surface area contributed by atoms with Gasteiger partial charge in [-0.1, -0.05) is 11.6 Å². The number of hydrogen-bond acceptors (Lipinski definition) is 4. The van der Waals surface area contributed by atoms with Gasteiger partial charge in [0.2, 0.25) is 5.91 Å². The first-order valence-corrected chi connectivity index (χ1v) is 5.78. The maximum atomic E-state index is 10.9. The van der Waals surface area contributed by atoms with E-state index < -0.39 is 0 Å². The minimum Gasteiger partial charge on any atom is -0.370 e. The van der Waals surface area contributed by atoms with Gasteiger partial charge in [0.05, 0.1) is 5.69 Å². The molecule has 2 rings (SSSR count). The second-order valence-corrected chi connectivity index (χ2v) is 4.31. The Bertz CT molecular complexity index is 581. The number of aryl methyl sites for hydroxylation is 2. The number of amides is 1. The summed E-state index contributed by atoms with van der Waals surface area (Å²) in [7, 11) is 0. The highest BCUT2D eigenvalue weighted by Gasteiger charge is 2.10. The summed E-state index contributed by atoms with van der Waals surface area (Å²) in [6.45, 7) is 1.80. The van der Waals surface area contributed by atoms with E-state index >= 15 is 0 Å². The van der Waals surface area contributed by atoms with Gasteiger partial charge in [-0.25, -0.2) is 0 Å². The number of aromatic nitrogens is 4. The quantitative estimate of drug-likeness (QED) is 0.895. The predicted octanol–water partition coefficient (Wildman–Crippen LogP) is 1.04. The van der Waals surface area contributed by atoms with Crippen molar-refractivity contribution in [3.8, 4) is 5.69 Å². The molecule has 1 aromatic carbocycles. The molecule has 0 unspecified atom stereocenters. The van der Waals surface area contributed by atoms with Gasteiger partial charge in [-0.05, 0) is 47.5 Å². The molecule has 0 aliphatic rings. The molecule has 0 spiro atoms. The zero-order chi connectivity index (χ0) is 13.1. The van der Waals surface area contributed by atoms with Gasteiger partial charge in [0.25, 0.3) is 0 Å². The second-order valence-electron chi connectivity index (χ2n) is 3.88. The molecule has 0 bridgehead atoms. The molecule has 94 valence electrons. The van der Waals surface area contributed by atoms with Crippen molar-refractivity contribution in [3.05, 3.63) is 34.6 Å². The number of carbonyl (C=O) groups excluding carboxylic acids is 1. The topological polar surface area (TPSA) is 86.7 Å². The first-order chi connectivity index (χ1) is 8.58. The lowest BCUT2D eigenvalue weighted by Crippen LogP contribution is -2.12. The zero-order valence-electron chi connectivity index (χ0n) is 9.80. The maximum Gasteiger partial charge on any atom is 0.217 e. The number of carbonyl (C=O) groups is 1. The molecule has 7 heteroatoms. The number of rotatable bonds is 4. The van der Waals surface area contributed by atoms with Crippen LogP contribution in [-0.2, 0) is 11.2 Å². The Hall–Kier alpha value is -1.95. The van der Waals surface area contributed by atoms with Crippen molar-refractivity contribution in [2.45, 2.75) is 19.8 Å². The lowest BCUT2D eigenvalue weighted by atomic mass is 10.1. The Morgan fingerprint density at radius 1 is 1.50 bits per heavy atom. The van der Waals surface area contributed by atoms with Gasteiger partial charge in [0, 0.05) is 11.4 Å². The second kappa shape index (κ2) is 5.14. The standard InChI is InChI=1S/C11H12ClN5O/c1-7-14-15-16-17(7)10-4-3-9(12)6-8(10)2-5-11(13)18/h3-4,6H,2,5H2,1H3,(H2,13,18). The third-order valence-corrected chi connectivity index (χ3v) is 2.77. The largest absolute Gasteiger partial charge is 0.370 e.